The first kappa shape index (κ1) is 11.7. The van der Waals surface area contributed by atoms with Gasteiger partial charge in [0.25, 0.3) is 5.69 Å². The Kier molecular flexibility index (Phi) is 3.42. The van der Waals surface area contributed by atoms with Crippen LogP contribution < -0.4 is 5.73 Å². The van der Waals surface area contributed by atoms with Gasteiger partial charge in [-0.2, -0.15) is 0 Å². The molecule has 1 aromatic carbocycles. The van der Waals surface area contributed by atoms with Gasteiger partial charge in [-0.25, -0.2) is 0 Å². The van der Waals surface area contributed by atoms with E-state index in [-0.39, 0.29) is 16.7 Å². The zero-order valence-electron chi connectivity index (χ0n) is 9.28. The number of rotatable bonds is 3. The van der Waals surface area contributed by atoms with Crippen LogP contribution in [0.4, 0.5) is 5.69 Å². The Morgan fingerprint density at radius 2 is 2.07 bits per heavy atom. The second kappa shape index (κ2) is 4.40. The van der Waals surface area contributed by atoms with Crippen LogP contribution in [0.3, 0.4) is 0 Å². The van der Waals surface area contributed by atoms with Crippen molar-refractivity contribution in [1.29, 1.82) is 0 Å². The Labute approximate surface area is 89.2 Å². The van der Waals surface area contributed by atoms with E-state index in [4.69, 9.17) is 5.73 Å². The Morgan fingerprint density at radius 1 is 1.47 bits per heavy atom. The minimum atomic E-state index is -0.353. The van der Waals surface area contributed by atoms with Gasteiger partial charge in [-0.15, -0.1) is 0 Å². The van der Waals surface area contributed by atoms with Gasteiger partial charge in [-0.3, -0.25) is 10.1 Å². The Hall–Kier alpha value is -1.42. The van der Waals surface area contributed by atoms with Gasteiger partial charge >= 0.3 is 0 Å². The molecular weight excluding hydrogens is 192 g/mol. The molecule has 0 aromatic heterocycles. The molecule has 1 rings (SSSR count). The highest BCUT2D eigenvalue weighted by atomic mass is 16.6. The van der Waals surface area contributed by atoms with Crippen LogP contribution in [0.15, 0.2) is 12.1 Å². The minimum Gasteiger partial charge on any atom is -0.324 e. The van der Waals surface area contributed by atoms with Crippen LogP contribution in [-0.4, -0.2) is 4.92 Å². The summed E-state index contributed by atoms with van der Waals surface area (Å²) < 4.78 is 0. The maximum atomic E-state index is 10.8. The number of aryl methyl sites for hydroxylation is 1. The molecule has 0 amide bonds. The highest BCUT2D eigenvalue weighted by Crippen LogP contribution is 2.26. The monoisotopic (exact) mass is 208 g/mol. The maximum Gasteiger partial charge on any atom is 0.272 e. The smallest absolute Gasteiger partial charge is 0.272 e. The van der Waals surface area contributed by atoms with E-state index in [1.165, 1.54) is 0 Å². The van der Waals surface area contributed by atoms with Gasteiger partial charge in [0.1, 0.15) is 0 Å². The molecule has 0 radical (unpaired) electrons. The summed E-state index contributed by atoms with van der Waals surface area (Å²) in [6.45, 7) is 5.59. The fourth-order valence-electron chi connectivity index (χ4n) is 1.51. The van der Waals surface area contributed by atoms with Crippen LogP contribution in [-0.2, 0) is 0 Å². The molecule has 0 saturated carbocycles. The average molecular weight is 208 g/mol. The van der Waals surface area contributed by atoms with Crippen molar-refractivity contribution in [2.24, 2.45) is 5.73 Å². The third-order valence-electron chi connectivity index (χ3n) is 2.73. The summed E-state index contributed by atoms with van der Waals surface area (Å²) in [5.74, 6) is 0. The molecule has 15 heavy (non-hydrogen) atoms. The van der Waals surface area contributed by atoms with Crippen LogP contribution in [0.2, 0.25) is 0 Å². The van der Waals surface area contributed by atoms with E-state index >= 15 is 0 Å². The fourth-order valence-corrected chi connectivity index (χ4v) is 1.51. The Balaban J connectivity index is 3.29. The van der Waals surface area contributed by atoms with Crippen LogP contribution in [0, 0.1) is 24.0 Å². The van der Waals surface area contributed by atoms with Crippen molar-refractivity contribution in [2.45, 2.75) is 33.2 Å². The number of hydrogen-bond donors (Lipinski definition) is 1. The first-order valence-corrected chi connectivity index (χ1v) is 4.98. The number of hydrogen-bond acceptors (Lipinski definition) is 3. The molecule has 0 saturated heterocycles. The van der Waals surface area contributed by atoms with Crippen molar-refractivity contribution >= 4 is 5.69 Å². The van der Waals surface area contributed by atoms with E-state index in [1.807, 2.05) is 19.9 Å². The molecule has 1 unspecified atom stereocenters. The summed E-state index contributed by atoms with van der Waals surface area (Å²) in [7, 11) is 0. The zero-order chi connectivity index (χ0) is 11.6. The summed E-state index contributed by atoms with van der Waals surface area (Å²) in [4.78, 5) is 10.4. The van der Waals surface area contributed by atoms with Crippen LogP contribution in [0.5, 0.6) is 0 Å². The number of nitro benzene ring substituents is 1. The lowest BCUT2D eigenvalue weighted by molar-refractivity contribution is -0.385. The van der Waals surface area contributed by atoms with E-state index in [9.17, 15) is 10.1 Å². The molecule has 4 heteroatoms. The number of nitrogens with zero attached hydrogens (tertiary/aromatic N) is 1. The van der Waals surface area contributed by atoms with Crippen molar-refractivity contribution in [3.63, 3.8) is 0 Å². The Bertz CT molecular complexity index is 388. The van der Waals surface area contributed by atoms with Crippen molar-refractivity contribution in [3.05, 3.63) is 38.9 Å². The zero-order valence-corrected chi connectivity index (χ0v) is 9.28. The number of nitrogens with two attached hydrogens (primary N) is 1. The van der Waals surface area contributed by atoms with Crippen LogP contribution >= 0.6 is 0 Å². The molecule has 0 fully saturated rings. The van der Waals surface area contributed by atoms with Crippen LogP contribution in [0.1, 0.15) is 36.1 Å². The molecule has 0 spiro atoms. The van der Waals surface area contributed by atoms with E-state index in [2.05, 4.69) is 0 Å². The van der Waals surface area contributed by atoms with Gasteiger partial charge in [0.15, 0.2) is 0 Å². The summed E-state index contributed by atoms with van der Waals surface area (Å²) in [6.07, 6.45) is 0.777. The molecule has 1 atom stereocenters. The van der Waals surface area contributed by atoms with E-state index < -0.39 is 0 Å². The lowest BCUT2D eigenvalue weighted by Crippen LogP contribution is -2.10. The highest BCUT2D eigenvalue weighted by Gasteiger charge is 2.16. The van der Waals surface area contributed by atoms with Crippen molar-refractivity contribution in [3.8, 4) is 0 Å². The lowest BCUT2D eigenvalue weighted by atomic mass is 9.98. The lowest BCUT2D eigenvalue weighted by Gasteiger charge is -2.11. The fraction of sp³-hybridized carbons (Fsp3) is 0.455. The van der Waals surface area contributed by atoms with Gasteiger partial charge in [-0.1, -0.05) is 13.0 Å². The van der Waals surface area contributed by atoms with Gasteiger partial charge in [-0.05, 0) is 31.4 Å². The first-order chi connectivity index (χ1) is 6.97. The number of benzene rings is 1. The molecule has 0 aliphatic heterocycles. The van der Waals surface area contributed by atoms with Gasteiger partial charge in [0, 0.05) is 17.7 Å². The molecule has 0 aliphatic carbocycles. The van der Waals surface area contributed by atoms with Crippen molar-refractivity contribution in [1.82, 2.24) is 0 Å². The quantitative estimate of drug-likeness (QED) is 0.613. The van der Waals surface area contributed by atoms with Crippen LogP contribution in [0.25, 0.3) is 0 Å². The minimum absolute atomic E-state index is 0.122. The second-order valence-electron chi connectivity index (χ2n) is 3.75. The van der Waals surface area contributed by atoms with Gasteiger partial charge in [0.05, 0.1) is 4.92 Å². The SMILES string of the molecule is CCC(N)c1cc(C)c(C)c([N+](=O)[O-])c1. The predicted molar refractivity (Wildman–Crippen MR) is 59.8 cm³/mol. The molecule has 0 aliphatic rings. The first-order valence-electron chi connectivity index (χ1n) is 4.98. The highest BCUT2D eigenvalue weighted by molar-refractivity contribution is 5.48. The van der Waals surface area contributed by atoms with E-state index in [0.717, 1.165) is 17.5 Å². The number of nitro groups is 1. The molecule has 82 valence electrons. The summed E-state index contributed by atoms with van der Waals surface area (Å²) in [5, 5.41) is 10.8. The topological polar surface area (TPSA) is 69.2 Å². The molecule has 0 heterocycles. The molecular formula is C11H16N2O2. The molecule has 1 aromatic rings. The summed E-state index contributed by atoms with van der Waals surface area (Å²) in [5.41, 5.74) is 8.50. The normalized spacial score (nSPS) is 12.5. The standard InChI is InChI=1S/C11H16N2O2/c1-4-10(12)9-5-7(2)8(3)11(6-9)13(14)15/h5-6,10H,4,12H2,1-3H3. The molecule has 4 nitrogen and oxygen atoms in total. The van der Waals surface area contributed by atoms with Gasteiger partial charge < -0.3 is 5.73 Å². The maximum absolute atomic E-state index is 10.8. The summed E-state index contributed by atoms with van der Waals surface area (Å²) in [6, 6.07) is 3.38. The van der Waals surface area contributed by atoms with E-state index in [0.29, 0.717) is 5.56 Å². The molecule has 2 N–H and O–H groups in total. The Morgan fingerprint density at radius 3 is 2.53 bits per heavy atom. The third-order valence-corrected chi connectivity index (χ3v) is 2.73. The predicted octanol–water partition coefficient (Wildman–Crippen LogP) is 2.62. The van der Waals surface area contributed by atoms with Crippen molar-refractivity contribution < 1.29 is 4.92 Å². The largest absolute Gasteiger partial charge is 0.324 e. The van der Waals surface area contributed by atoms with E-state index in [1.54, 1.807) is 13.0 Å². The van der Waals surface area contributed by atoms with Crippen molar-refractivity contribution in [2.75, 3.05) is 0 Å². The summed E-state index contributed by atoms with van der Waals surface area (Å²) >= 11 is 0. The second-order valence-corrected chi connectivity index (χ2v) is 3.75. The average Bonchev–Trinajstić information content (AvgIpc) is 2.20. The molecule has 0 bridgehead atoms. The van der Waals surface area contributed by atoms with Gasteiger partial charge in [0.2, 0.25) is 0 Å². The third kappa shape index (κ3) is 2.33.